The summed E-state index contributed by atoms with van der Waals surface area (Å²) in [6.07, 6.45) is 4.42. The van der Waals surface area contributed by atoms with Gasteiger partial charge in [-0.15, -0.1) is 0 Å². The minimum atomic E-state index is -0.372. The number of amides is 1. The topological polar surface area (TPSA) is 74.5 Å². The van der Waals surface area contributed by atoms with Gasteiger partial charge in [-0.2, -0.15) is 4.98 Å². The number of hydrogen-bond donors (Lipinski definition) is 1. The van der Waals surface area contributed by atoms with Crippen LogP contribution in [0.3, 0.4) is 0 Å². The van der Waals surface area contributed by atoms with E-state index in [9.17, 15) is 4.79 Å². The van der Waals surface area contributed by atoms with Crippen molar-refractivity contribution in [2.24, 2.45) is 0 Å². The standard InChI is InChI=1S/C15H25N5O2/c1-3-5-12-17-14(18-22-12)20-10-6-15(7-11-20)13(21)16-8-4-9-19(15)2/h3-11H2,1-2H3,(H,16,21). The molecule has 1 amide bonds. The Bertz CT molecular complexity index is 522. The molecule has 1 aromatic heterocycles. The second-order valence-corrected chi connectivity index (χ2v) is 6.29. The van der Waals surface area contributed by atoms with Crippen LogP contribution >= 0.6 is 0 Å². The second kappa shape index (κ2) is 6.24. The monoisotopic (exact) mass is 307 g/mol. The molecule has 0 bridgehead atoms. The smallest absolute Gasteiger partial charge is 0.266 e. The molecule has 3 heterocycles. The lowest BCUT2D eigenvalue weighted by Gasteiger charge is -2.44. The molecule has 7 heteroatoms. The van der Waals surface area contributed by atoms with Gasteiger partial charge in [-0.3, -0.25) is 9.69 Å². The highest BCUT2D eigenvalue weighted by molar-refractivity contribution is 5.87. The molecule has 0 unspecified atom stereocenters. The van der Waals surface area contributed by atoms with E-state index in [1.165, 1.54) is 0 Å². The van der Waals surface area contributed by atoms with Crippen LogP contribution in [0.1, 0.15) is 38.5 Å². The number of carbonyl (C=O) groups excluding carboxylic acids is 1. The van der Waals surface area contributed by atoms with Crippen LogP contribution in [0.5, 0.6) is 0 Å². The number of likely N-dealkylation sites (N-methyl/N-ethyl adjacent to an activating group) is 1. The van der Waals surface area contributed by atoms with Crippen LogP contribution in [0.25, 0.3) is 0 Å². The van der Waals surface area contributed by atoms with Gasteiger partial charge in [0.15, 0.2) is 0 Å². The number of nitrogens with one attached hydrogen (secondary N) is 1. The number of piperidine rings is 1. The maximum absolute atomic E-state index is 12.5. The van der Waals surface area contributed by atoms with Gasteiger partial charge in [0.1, 0.15) is 5.54 Å². The quantitative estimate of drug-likeness (QED) is 0.891. The van der Waals surface area contributed by atoms with Crippen molar-refractivity contribution >= 4 is 11.9 Å². The third-order valence-electron chi connectivity index (χ3n) is 4.90. The highest BCUT2D eigenvalue weighted by atomic mass is 16.5. The Labute approximate surface area is 131 Å². The maximum atomic E-state index is 12.5. The molecule has 2 aliphatic heterocycles. The molecule has 0 saturated carbocycles. The summed E-state index contributed by atoms with van der Waals surface area (Å²) in [7, 11) is 2.06. The van der Waals surface area contributed by atoms with Crippen LogP contribution in [0.2, 0.25) is 0 Å². The molecule has 22 heavy (non-hydrogen) atoms. The molecule has 2 saturated heterocycles. The minimum Gasteiger partial charge on any atom is -0.354 e. The number of anilines is 1. The van der Waals surface area contributed by atoms with E-state index in [1.807, 2.05) is 0 Å². The second-order valence-electron chi connectivity index (χ2n) is 6.29. The third kappa shape index (κ3) is 2.69. The molecular formula is C15H25N5O2. The summed E-state index contributed by atoms with van der Waals surface area (Å²) in [6, 6.07) is 0. The summed E-state index contributed by atoms with van der Waals surface area (Å²) < 4.78 is 5.27. The van der Waals surface area contributed by atoms with Gasteiger partial charge in [0.25, 0.3) is 5.95 Å². The molecule has 7 nitrogen and oxygen atoms in total. The zero-order valence-electron chi connectivity index (χ0n) is 13.5. The summed E-state index contributed by atoms with van der Waals surface area (Å²) in [4.78, 5) is 21.3. The van der Waals surface area contributed by atoms with Crippen molar-refractivity contribution in [3.8, 4) is 0 Å². The Hall–Kier alpha value is -1.63. The average Bonchev–Trinajstić information content (AvgIpc) is 2.95. The van der Waals surface area contributed by atoms with Gasteiger partial charge in [0.2, 0.25) is 11.8 Å². The Balaban J connectivity index is 1.69. The summed E-state index contributed by atoms with van der Waals surface area (Å²) in [5.74, 6) is 1.53. The molecule has 0 radical (unpaired) electrons. The summed E-state index contributed by atoms with van der Waals surface area (Å²) in [6.45, 7) is 5.39. The van der Waals surface area contributed by atoms with Crippen molar-refractivity contribution in [3.05, 3.63) is 5.89 Å². The van der Waals surface area contributed by atoms with Gasteiger partial charge < -0.3 is 14.7 Å². The first kappa shape index (κ1) is 15.3. The first-order valence-corrected chi connectivity index (χ1v) is 8.23. The highest BCUT2D eigenvalue weighted by Crippen LogP contribution is 2.31. The van der Waals surface area contributed by atoms with E-state index in [0.717, 1.165) is 58.3 Å². The summed E-state index contributed by atoms with van der Waals surface area (Å²) >= 11 is 0. The minimum absolute atomic E-state index is 0.173. The third-order valence-corrected chi connectivity index (χ3v) is 4.90. The van der Waals surface area contributed by atoms with Gasteiger partial charge in [0, 0.05) is 32.6 Å². The first-order valence-electron chi connectivity index (χ1n) is 8.23. The number of nitrogens with zero attached hydrogens (tertiary/aromatic N) is 4. The van der Waals surface area contributed by atoms with Crippen LogP contribution in [0, 0.1) is 0 Å². The number of rotatable bonds is 3. The lowest BCUT2D eigenvalue weighted by molar-refractivity contribution is -0.133. The largest absolute Gasteiger partial charge is 0.354 e. The fourth-order valence-electron chi connectivity index (χ4n) is 3.45. The molecule has 1 N–H and O–H groups in total. The average molecular weight is 307 g/mol. The van der Waals surface area contributed by atoms with Crippen molar-refractivity contribution in [1.82, 2.24) is 20.4 Å². The molecule has 122 valence electrons. The van der Waals surface area contributed by atoms with Crippen molar-refractivity contribution in [2.45, 2.75) is 44.6 Å². The van der Waals surface area contributed by atoms with E-state index >= 15 is 0 Å². The number of aryl methyl sites for hydroxylation is 1. The maximum Gasteiger partial charge on any atom is 0.266 e. The Kier molecular flexibility index (Phi) is 4.33. The molecule has 2 fully saturated rings. The first-order chi connectivity index (χ1) is 10.7. The van der Waals surface area contributed by atoms with E-state index in [0.29, 0.717) is 11.8 Å². The van der Waals surface area contributed by atoms with Crippen LogP contribution in [0.15, 0.2) is 4.52 Å². The highest BCUT2D eigenvalue weighted by Gasteiger charge is 2.45. The predicted octanol–water partition coefficient (Wildman–Crippen LogP) is 0.813. The van der Waals surface area contributed by atoms with E-state index in [4.69, 9.17) is 4.52 Å². The molecule has 2 aliphatic rings. The fraction of sp³-hybridized carbons (Fsp3) is 0.800. The SMILES string of the molecule is CCCc1nc(N2CCC3(CC2)C(=O)NCCCN3C)no1. The predicted molar refractivity (Wildman–Crippen MR) is 82.7 cm³/mol. The number of aromatic nitrogens is 2. The molecular weight excluding hydrogens is 282 g/mol. The summed E-state index contributed by atoms with van der Waals surface area (Å²) in [5, 5.41) is 7.14. The lowest BCUT2D eigenvalue weighted by atomic mass is 9.85. The lowest BCUT2D eigenvalue weighted by Crippen LogP contribution is -2.61. The fourth-order valence-corrected chi connectivity index (χ4v) is 3.45. The van der Waals surface area contributed by atoms with E-state index in [1.54, 1.807) is 0 Å². The van der Waals surface area contributed by atoms with Crippen LogP contribution in [0.4, 0.5) is 5.95 Å². The normalized spacial score (nSPS) is 22.6. The van der Waals surface area contributed by atoms with Crippen LogP contribution in [-0.2, 0) is 11.2 Å². The molecule has 3 rings (SSSR count). The number of carbonyl (C=O) groups is 1. The van der Waals surface area contributed by atoms with Crippen molar-refractivity contribution < 1.29 is 9.32 Å². The van der Waals surface area contributed by atoms with Gasteiger partial charge in [0.05, 0.1) is 0 Å². The molecule has 0 aliphatic carbocycles. The van der Waals surface area contributed by atoms with Gasteiger partial charge >= 0.3 is 0 Å². The van der Waals surface area contributed by atoms with Crippen LogP contribution < -0.4 is 10.2 Å². The van der Waals surface area contributed by atoms with Gasteiger partial charge in [-0.1, -0.05) is 6.92 Å². The molecule has 0 aromatic carbocycles. The van der Waals surface area contributed by atoms with E-state index in [2.05, 4.69) is 39.2 Å². The number of hydrogen-bond acceptors (Lipinski definition) is 6. The molecule has 1 aromatic rings. The zero-order chi connectivity index (χ0) is 15.6. The van der Waals surface area contributed by atoms with E-state index < -0.39 is 0 Å². The zero-order valence-corrected chi connectivity index (χ0v) is 13.5. The van der Waals surface area contributed by atoms with E-state index in [-0.39, 0.29) is 11.4 Å². The van der Waals surface area contributed by atoms with Crippen molar-refractivity contribution in [3.63, 3.8) is 0 Å². The van der Waals surface area contributed by atoms with Gasteiger partial charge in [-0.05, 0) is 37.9 Å². The Morgan fingerprint density at radius 2 is 2.09 bits per heavy atom. The Morgan fingerprint density at radius 1 is 1.32 bits per heavy atom. The molecule has 1 spiro atoms. The van der Waals surface area contributed by atoms with Crippen molar-refractivity contribution in [1.29, 1.82) is 0 Å². The Morgan fingerprint density at radius 3 is 2.82 bits per heavy atom. The van der Waals surface area contributed by atoms with Crippen molar-refractivity contribution in [2.75, 3.05) is 38.1 Å². The summed E-state index contributed by atoms with van der Waals surface area (Å²) in [5.41, 5.74) is -0.372. The van der Waals surface area contributed by atoms with Crippen LogP contribution in [-0.4, -0.2) is 59.7 Å². The van der Waals surface area contributed by atoms with Gasteiger partial charge in [-0.25, -0.2) is 0 Å². The molecule has 0 atom stereocenters.